The Balaban J connectivity index is 0.000000177. The van der Waals surface area contributed by atoms with Crippen LogP contribution in [0.1, 0.15) is 16.1 Å². The molecule has 0 aliphatic carbocycles. The molecule has 0 radical (unpaired) electrons. The number of piperazine rings is 1. The Kier molecular flexibility index (Phi) is 6.41. The van der Waals surface area contributed by atoms with E-state index in [0.29, 0.717) is 11.1 Å². The molecule has 0 spiro atoms. The van der Waals surface area contributed by atoms with Crippen molar-refractivity contribution in [2.45, 2.75) is 6.18 Å². The second kappa shape index (κ2) is 9.00. The Labute approximate surface area is 171 Å². The lowest BCUT2D eigenvalue weighted by Crippen LogP contribution is -2.43. The van der Waals surface area contributed by atoms with Gasteiger partial charge in [0.05, 0.1) is 16.9 Å². The van der Waals surface area contributed by atoms with Crippen molar-refractivity contribution in [1.82, 2.24) is 10.3 Å². The average Bonchev–Trinajstić information content (AvgIpc) is 2.73. The van der Waals surface area contributed by atoms with Crippen molar-refractivity contribution < 1.29 is 23.1 Å². The Morgan fingerprint density at radius 1 is 1.10 bits per heavy atom. The lowest BCUT2D eigenvalue weighted by Gasteiger charge is -2.30. The van der Waals surface area contributed by atoms with E-state index >= 15 is 0 Å². The second-order valence-electron chi connectivity index (χ2n) is 6.69. The molecule has 30 heavy (non-hydrogen) atoms. The maximum Gasteiger partial charge on any atom is 0.416 e. The number of hydrogen-bond acceptors (Lipinski definition) is 5. The third-order valence-electron chi connectivity index (χ3n) is 4.69. The molecule has 1 aliphatic rings. The van der Waals surface area contributed by atoms with Crippen LogP contribution in [0.5, 0.6) is 0 Å². The minimum atomic E-state index is -4.34. The van der Waals surface area contributed by atoms with Gasteiger partial charge in [-0.05, 0) is 29.7 Å². The van der Waals surface area contributed by atoms with Crippen LogP contribution in [0.15, 0.2) is 54.7 Å². The predicted molar refractivity (Wildman–Crippen MR) is 110 cm³/mol. The van der Waals surface area contributed by atoms with E-state index in [1.54, 1.807) is 18.2 Å². The van der Waals surface area contributed by atoms with Gasteiger partial charge in [0.1, 0.15) is 0 Å². The molecule has 0 amide bonds. The fourth-order valence-corrected chi connectivity index (χ4v) is 3.21. The number of benzene rings is 2. The van der Waals surface area contributed by atoms with Gasteiger partial charge in [0.2, 0.25) is 0 Å². The summed E-state index contributed by atoms with van der Waals surface area (Å²) in [7, 11) is 0. The molecule has 3 aromatic rings. The van der Waals surface area contributed by atoms with Gasteiger partial charge in [-0.2, -0.15) is 13.2 Å². The summed E-state index contributed by atoms with van der Waals surface area (Å²) in [6, 6.07) is 12.6. The molecule has 1 saturated heterocycles. The zero-order chi connectivity index (χ0) is 21.7. The molecule has 158 valence electrons. The van der Waals surface area contributed by atoms with E-state index < -0.39 is 17.7 Å². The van der Waals surface area contributed by atoms with E-state index in [4.69, 9.17) is 10.8 Å². The highest BCUT2D eigenvalue weighted by atomic mass is 19.4. The smallest absolute Gasteiger partial charge is 0.416 e. The van der Waals surface area contributed by atoms with Crippen LogP contribution in [0.4, 0.5) is 24.5 Å². The summed E-state index contributed by atoms with van der Waals surface area (Å²) in [5.41, 5.74) is 5.96. The largest absolute Gasteiger partial charge is 0.476 e. The maximum absolute atomic E-state index is 12.5. The van der Waals surface area contributed by atoms with Crippen LogP contribution in [0.2, 0.25) is 0 Å². The summed E-state index contributed by atoms with van der Waals surface area (Å²) in [5.74, 6) is -0.989. The van der Waals surface area contributed by atoms with Crippen molar-refractivity contribution in [3.05, 3.63) is 66.0 Å². The number of aromatic nitrogens is 1. The fourth-order valence-electron chi connectivity index (χ4n) is 3.21. The Morgan fingerprint density at radius 3 is 2.43 bits per heavy atom. The third-order valence-corrected chi connectivity index (χ3v) is 4.69. The number of halogens is 3. The number of carbonyl (C=O) groups is 1. The van der Waals surface area contributed by atoms with Crippen molar-refractivity contribution >= 4 is 28.1 Å². The highest BCUT2D eigenvalue weighted by Gasteiger charge is 2.31. The number of nitrogens with one attached hydrogen (secondary N) is 1. The van der Waals surface area contributed by atoms with Gasteiger partial charge >= 0.3 is 12.1 Å². The normalized spacial score (nSPS) is 14.2. The molecule has 1 aromatic heterocycles. The number of fused-ring (bicyclic) bond motifs is 1. The molecule has 4 N–H and O–H groups in total. The van der Waals surface area contributed by atoms with Crippen LogP contribution < -0.4 is 16.0 Å². The first-order valence-electron chi connectivity index (χ1n) is 9.27. The fraction of sp³-hybridized carbons (Fsp3) is 0.238. The van der Waals surface area contributed by atoms with Crippen LogP contribution in [0, 0.1) is 0 Å². The minimum Gasteiger partial charge on any atom is -0.476 e. The van der Waals surface area contributed by atoms with Gasteiger partial charge in [-0.25, -0.2) is 9.78 Å². The van der Waals surface area contributed by atoms with E-state index in [-0.39, 0.29) is 11.4 Å². The standard InChI is InChI=1S/C11H14F3N3.C10H7NO2/c12-11(13,14)8-1-2-10(9(15)7-8)17-5-3-16-4-6-17;12-10(13)9-8-4-2-1-3-7(8)5-6-11-9/h1-2,7,16H,3-6,15H2;1-6H,(H,12,13). The first-order valence-corrected chi connectivity index (χ1v) is 9.27. The molecule has 6 nitrogen and oxygen atoms in total. The summed E-state index contributed by atoms with van der Waals surface area (Å²) in [6.45, 7) is 3.16. The third kappa shape index (κ3) is 4.98. The molecule has 1 fully saturated rings. The summed E-state index contributed by atoms with van der Waals surface area (Å²) >= 11 is 0. The highest BCUT2D eigenvalue weighted by Crippen LogP contribution is 2.34. The van der Waals surface area contributed by atoms with Gasteiger partial charge in [-0.1, -0.05) is 24.3 Å². The molecule has 0 saturated carbocycles. The van der Waals surface area contributed by atoms with E-state index in [1.807, 2.05) is 17.0 Å². The van der Waals surface area contributed by atoms with Gasteiger partial charge in [0, 0.05) is 37.8 Å². The number of carboxylic acid groups (broad SMARTS) is 1. The number of nitrogens with zero attached hydrogens (tertiary/aromatic N) is 2. The Hall–Kier alpha value is -3.33. The van der Waals surface area contributed by atoms with Crippen molar-refractivity contribution in [3.8, 4) is 0 Å². The number of alkyl halides is 3. The van der Waals surface area contributed by atoms with Gasteiger partial charge in [0.15, 0.2) is 5.69 Å². The van der Waals surface area contributed by atoms with E-state index in [0.717, 1.165) is 43.7 Å². The molecule has 2 aromatic carbocycles. The molecule has 2 heterocycles. The number of anilines is 2. The second-order valence-corrected chi connectivity index (χ2v) is 6.69. The van der Waals surface area contributed by atoms with Gasteiger partial charge in [-0.15, -0.1) is 0 Å². The summed E-state index contributed by atoms with van der Waals surface area (Å²) < 4.78 is 37.4. The average molecular weight is 418 g/mol. The zero-order valence-corrected chi connectivity index (χ0v) is 16.0. The van der Waals surface area contributed by atoms with E-state index in [1.165, 1.54) is 12.3 Å². The molecule has 1 aliphatic heterocycles. The first kappa shape index (κ1) is 21.4. The van der Waals surface area contributed by atoms with Crippen LogP contribution in [-0.4, -0.2) is 42.2 Å². The number of pyridine rings is 1. The SMILES string of the molecule is Nc1cc(C(F)(F)F)ccc1N1CCNCC1.O=C(O)c1nccc2ccccc12. The van der Waals surface area contributed by atoms with Crippen molar-refractivity contribution in [1.29, 1.82) is 0 Å². The van der Waals surface area contributed by atoms with Crippen molar-refractivity contribution in [2.24, 2.45) is 0 Å². The van der Waals surface area contributed by atoms with Gasteiger partial charge in [-0.3, -0.25) is 0 Å². The molecule has 0 bridgehead atoms. The Bertz CT molecular complexity index is 1030. The monoisotopic (exact) mass is 418 g/mol. The maximum atomic E-state index is 12.5. The molecule has 9 heteroatoms. The predicted octanol–water partition coefficient (Wildman–Crippen LogP) is 3.63. The molecular weight excluding hydrogens is 397 g/mol. The number of nitrogen functional groups attached to an aromatic ring is 1. The lowest BCUT2D eigenvalue weighted by molar-refractivity contribution is -0.137. The number of carboxylic acids is 1. The Morgan fingerprint density at radius 2 is 1.80 bits per heavy atom. The number of rotatable bonds is 2. The highest BCUT2D eigenvalue weighted by molar-refractivity contribution is 6.01. The molecule has 0 atom stereocenters. The number of hydrogen-bond donors (Lipinski definition) is 3. The first-order chi connectivity index (χ1) is 14.3. The van der Waals surface area contributed by atoms with E-state index in [9.17, 15) is 18.0 Å². The zero-order valence-electron chi connectivity index (χ0n) is 16.0. The molecule has 4 rings (SSSR count). The number of aromatic carboxylic acids is 1. The van der Waals surface area contributed by atoms with E-state index in [2.05, 4.69) is 10.3 Å². The van der Waals surface area contributed by atoms with Crippen molar-refractivity contribution in [2.75, 3.05) is 36.8 Å². The lowest BCUT2D eigenvalue weighted by atomic mass is 10.1. The molecular formula is C21H21F3N4O2. The van der Waals surface area contributed by atoms with Crippen molar-refractivity contribution in [3.63, 3.8) is 0 Å². The minimum absolute atomic E-state index is 0.109. The summed E-state index contributed by atoms with van der Waals surface area (Å²) in [5, 5.41) is 13.6. The number of nitrogens with two attached hydrogens (primary N) is 1. The quantitative estimate of drug-likeness (QED) is 0.551. The summed E-state index contributed by atoms with van der Waals surface area (Å²) in [6.07, 6.45) is -2.83. The summed E-state index contributed by atoms with van der Waals surface area (Å²) in [4.78, 5) is 16.6. The van der Waals surface area contributed by atoms with Crippen LogP contribution >= 0.6 is 0 Å². The van der Waals surface area contributed by atoms with Gasteiger partial charge in [0.25, 0.3) is 0 Å². The topological polar surface area (TPSA) is 91.5 Å². The molecule has 0 unspecified atom stereocenters. The van der Waals surface area contributed by atoms with Crippen LogP contribution in [0.3, 0.4) is 0 Å². The van der Waals surface area contributed by atoms with Crippen LogP contribution in [0.25, 0.3) is 10.8 Å². The van der Waals surface area contributed by atoms with Gasteiger partial charge < -0.3 is 21.1 Å². The van der Waals surface area contributed by atoms with Crippen LogP contribution in [-0.2, 0) is 6.18 Å².